The van der Waals surface area contributed by atoms with E-state index in [1.54, 1.807) is 0 Å². The number of nitrogens with zero attached hydrogens (tertiary/aromatic N) is 2. The highest BCUT2D eigenvalue weighted by atomic mass is 16.4. The maximum absolute atomic E-state index is 8.90. The highest BCUT2D eigenvalue weighted by Crippen LogP contribution is 2.23. The van der Waals surface area contributed by atoms with Gasteiger partial charge in [0, 0.05) is 11.3 Å². The van der Waals surface area contributed by atoms with Gasteiger partial charge in [0.15, 0.2) is 0 Å². The van der Waals surface area contributed by atoms with Crippen LogP contribution < -0.4 is 0 Å². The van der Waals surface area contributed by atoms with Crippen molar-refractivity contribution in [2.24, 2.45) is 5.16 Å². The van der Waals surface area contributed by atoms with Crippen molar-refractivity contribution in [2.45, 2.75) is 39.0 Å². The molecule has 1 aliphatic carbocycles. The summed E-state index contributed by atoms with van der Waals surface area (Å²) in [6.45, 7) is 2.12. The van der Waals surface area contributed by atoms with Gasteiger partial charge in [-0.25, -0.2) is 0 Å². The first-order valence-corrected chi connectivity index (χ1v) is 5.14. The van der Waals surface area contributed by atoms with Gasteiger partial charge in [-0.2, -0.15) is 5.10 Å². The van der Waals surface area contributed by atoms with Gasteiger partial charge in [-0.15, -0.1) is 0 Å². The molecule has 1 aromatic rings. The van der Waals surface area contributed by atoms with E-state index in [4.69, 9.17) is 5.21 Å². The smallest absolute Gasteiger partial charge is 0.0905 e. The van der Waals surface area contributed by atoms with Crippen molar-refractivity contribution in [3.63, 3.8) is 0 Å². The molecule has 2 N–H and O–H groups in total. The number of nitrogens with one attached hydrogen (secondary N) is 1. The number of H-pyrrole nitrogens is 1. The zero-order valence-electron chi connectivity index (χ0n) is 8.38. The van der Waals surface area contributed by atoms with Crippen LogP contribution in [0.25, 0.3) is 0 Å². The summed E-state index contributed by atoms with van der Waals surface area (Å²) in [6, 6.07) is 0. The monoisotopic (exact) mass is 193 g/mol. The molecule has 1 aliphatic rings. The summed E-state index contributed by atoms with van der Waals surface area (Å²) in [5.74, 6) is 0. The summed E-state index contributed by atoms with van der Waals surface area (Å²) in [7, 11) is 0. The summed E-state index contributed by atoms with van der Waals surface area (Å²) in [5, 5.41) is 19.6. The van der Waals surface area contributed by atoms with Gasteiger partial charge >= 0.3 is 0 Å². The molecule has 0 spiro atoms. The van der Waals surface area contributed by atoms with Gasteiger partial charge in [0.05, 0.1) is 11.4 Å². The van der Waals surface area contributed by atoms with E-state index in [0.29, 0.717) is 0 Å². The predicted molar refractivity (Wildman–Crippen MR) is 53.8 cm³/mol. The molecule has 0 saturated heterocycles. The van der Waals surface area contributed by atoms with E-state index < -0.39 is 0 Å². The number of aryl methyl sites for hydroxylation is 2. The van der Waals surface area contributed by atoms with Gasteiger partial charge in [0.1, 0.15) is 0 Å². The van der Waals surface area contributed by atoms with Crippen LogP contribution in [-0.2, 0) is 12.8 Å². The third kappa shape index (κ3) is 1.41. The van der Waals surface area contributed by atoms with Crippen LogP contribution in [0.4, 0.5) is 0 Å². The lowest BCUT2D eigenvalue weighted by Gasteiger charge is -2.12. The normalized spacial score (nSPS) is 18.5. The third-order valence-electron chi connectivity index (χ3n) is 2.65. The standard InChI is InChI=1S/C10H15N3O/c1-2-4-7-10-8(12-11-7)5-3-6-9(10)13-14/h14H,2-6H2,1H3,(H,11,12)/b13-9-. The van der Waals surface area contributed by atoms with Gasteiger partial charge in [-0.05, 0) is 25.7 Å². The van der Waals surface area contributed by atoms with Gasteiger partial charge < -0.3 is 5.21 Å². The average Bonchev–Trinajstić information content (AvgIpc) is 2.62. The number of hydrogen-bond acceptors (Lipinski definition) is 3. The molecule has 0 fully saturated rings. The van der Waals surface area contributed by atoms with Crippen molar-refractivity contribution in [2.75, 3.05) is 0 Å². The van der Waals surface area contributed by atoms with Crippen molar-refractivity contribution in [1.29, 1.82) is 0 Å². The molecule has 1 aromatic heterocycles. The van der Waals surface area contributed by atoms with E-state index in [1.165, 1.54) is 0 Å². The number of aromatic nitrogens is 2. The third-order valence-corrected chi connectivity index (χ3v) is 2.65. The van der Waals surface area contributed by atoms with E-state index in [-0.39, 0.29) is 0 Å². The summed E-state index contributed by atoms with van der Waals surface area (Å²) < 4.78 is 0. The van der Waals surface area contributed by atoms with E-state index in [1.807, 2.05) is 0 Å². The van der Waals surface area contributed by atoms with Crippen LogP contribution in [-0.4, -0.2) is 21.1 Å². The van der Waals surface area contributed by atoms with Crippen LogP contribution in [0.5, 0.6) is 0 Å². The van der Waals surface area contributed by atoms with Crippen molar-refractivity contribution >= 4 is 5.71 Å². The number of oxime groups is 1. The molecule has 4 heteroatoms. The molecule has 0 atom stereocenters. The minimum atomic E-state index is 0.795. The van der Waals surface area contributed by atoms with Gasteiger partial charge in [-0.1, -0.05) is 18.5 Å². The van der Waals surface area contributed by atoms with Gasteiger partial charge in [0.2, 0.25) is 0 Å². The Balaban J connectivity index is 2.41. The lowest BCUT2D eigenvalue weighted by Crippen LogP contribution is -2.12. The Labute approximate surface area is 83.0 Å². The molecule has 0 unspecified atom stereocenters. The average molecular weight is 193 g/mol. The molecule has 0 aromatic carbocycles. The zero-order chi connectivity index (χ0) is 9.97. The van der Waals surface area contributed by atoms with E-state index in [2.05, 4.69) is 22.3 Å². The molecular formula is C10H15N3O. The van der Waals surface area contributed by atoms with Crippen LogP contribution in [0.2, 0.25) is 0 Å². The second-order valence-corrected chi connectivity index (χ2v) is 3.67. The minimum absolute atomic E-state index is 0.795. The van der Waals surface area contributed by atoms with E-state index in [9.17, 15) is 0 Å². The van der Waals surface area contributed by atoms with Crippen molar-refractivity contribution in [1.82, 2.24) is 10.2 Å². The topological polar surface area (TPSA) is 61.3 Å². The minimum Gasteiger partial charge on any atom is -0.411 e. The Morgan fingerprint density at radius 3 is 3.07 bits per heavy atom. The molecule has 1 heterocycles. The summed E-state index contributed by atoms with van der Waals surface area (Å²) in [6.07, 6.45) is 4.94. The SMILES string of the molecule is CCCc1n[nH]c2c1/C(=N\O)CCC2. The number of hydrogen-bond donors (Lipinski definition) is 2. The fourth-order valence-electron chi connectivity index (χ4n) is 2.02. The molecule has 0 radical (unpaired) electrons. The summed E-state index contributed by atoms with van der Waals surface area (Å²) >= 11 is 0. The van der Waals surface area contributed by atoms with Crippen LogP contribution in [0.3, 0.4) is 0 Å². The maximum Gasteiger partial charge on any atom is 0.0905 e. The van der Waals surface area contributed by atoms with Crippen LogP contribution in [0.15, 0.2) is 5.16 Å². The first-order valence-electron chi connectivity index (χ1n) is 5.14. The highest BCUT2D eigenvalue weighted by molar-refractivity contribution is 6.02. The first-order chi connectivity index (χ1) is 6.86. The van der Waals surface area contributed by atoms with E-state index in [0.717, 1.165) is 54.8 Å². The molecular weight excluding hydrogens is 178 g/mol. The largest absolute Gasteiger partial charge is 0.411 e. The zero-order valence-corrected chi connectivity index (χ0v) is 8.38. The van der Waals surface area contributed by atoms with Crippen molar-refractivity contribution < 1.29 is 5.21 Å². The molecule has 76 valence electrons. The van der Waals surface area contributed by atoms with E-state index >= 15 is 0 Å². The number of fused-ring (bicyclic) bond motifs is 1. The summed E-state index contributed by atoms with van der Waals surface area (Å²) in [4.78, 5) is 0. The number of aromatic amines is 1. The molecule has 0 aliphatic heterocycles. The highest BCUT2D eigenvalue weighted by Gasteiger charge is 2.22. The number of rotatable bonds is 2. The Kier molecular flexibility index (Phi) is 2.52. The summed E-state index contributed by atoms with van der Waals surface area (Å²) in [5.41, 5.74) is 4.05. The second-order valence-electron chi connectivity index (χ2n) is 3.67. The Hall–Kier alpha value is -1.32. The quantitative estimate of drug-likeness (QED) is 0.556. The molecule has 0 bridgehead atoms. The first kappa shape index (κ1) is 9.24. The molecule has 2 rings (SSSR count). The Morgan fingerprint density at radius 2 is 2.36 bits per heavy atom. The molecule has 4 nitrogen and oxygen atoms in total. The second kappa shape index (κ2) is 3.82. The Morgan fingerprint density at radius 1 is 1.50 bits per heavy atom. The molecule has 0 amide bonds. The lowest BCUT2D eigenvalue weighted by atomic mass is 9.93. The predicted octanol–water partition coefficient (Wildman–Crippen LogP) is 1.88. The Bertz CT molecular complexity index is 354. The maximum atomic E-state index is 8.90. The van der Waals surface area contributed by atoms with Crippen molar-refractivity contribution in [3.05, 3.63) is 17.0 Å². The molecule has 14 heavy (non-hydrogen) atoms. The van der Waals surface area contributed by atoms with Crippen LogP contribution in [0.1, 0.15) is 43.1 Å². The lowest BCUT2D eigenvalue weighted by molar-refractivity contribution is 0.317. The van der Waals surface area contributed by atoms with Crippen molar-refractivity contribution in [3.8, 4) is 0 Å². The van der Waals surface area contributed by atoms with Gasteiger partial charge in [-0.3, -0.25) is 5.10 Å². The fraction of sp³-hybridized carbons (Fsp3) is 0.600. The van der Waals surface area contributed by atoms with Crippen LogP contribution >= 0.6 is 0 Å². The van der Waals surface area contributed by atoms with Crippen LogP contribution in [0, 0.1) is 0 Å². The fourth-order valence-corrected chi connectivity index (χ4v) is 2.02. The molecule has 0 saturated carbocycles. The van der Waals surface area contributed by atoms with Gasteiger partial charge in [0.25, 0.3) is 0 Å².